The minimum atomic E-state index is -0.224. The summed E-state index contributed by atoms with van der Waals surface area (Å²) in [6.45, 7) is 13.2. The molecule has 1 N–H and O–H groups in total. The van der Waals surface area contributed by atoms with E-state index in [-0.39, 0.29) is 22.6 Å². The van der Waals surface area contributed by atoms with Crippen molar-refractivity contribution in [2.24, 2.45) is 0 Å². The molecule has 46 heavy (non-hydrogen) atoms. The topological polar surface area (TPSA) is 72.8 Å². The average Bonchev–Trinajstić information content (AvgIpc) is 3.01. The maximum absolute atomic E-state index is 12.6. The van der Waals surface area contributed by atoms with Gasteiger partial charge in [-0.2, -0.15) is 0 Å². The van der Waals surface area contributed by atoms with Crippen molar-refractivity contribution >= 4 is 23.7 Å². The zero-order chi connectivity index (χ0) is 34.0. The van der Waals surface area contributed by atoms with Gasteiger partial charge in [0, 0.05) is 12.2 Å². The van der Waals surface area contributed by atoms with Crippen molar-refractivity contribution in [3.63, 3.8) is 0 Å². The van der Waals surface area contributed by atoms with Crippen LogP contribution in [0.25, 0.3) is 0 Å². The number of hydrogen-bond donors (Lipinski definition) is 1. The molecule has 1 atom stereocenters. The first-order valence-corrected chi connectivity index (χ1v) is 19.9. The molecule has 0 heterocycles. The Kier molecular flexibility index (Phi) is 24.2. The molecule has 1 rings (SSSR count). The first kappa shape index (κ1) is 42.3. The monoisotopic (exact) mass is 662 g/mol. The summed E-state index contributed by atoms with van der Waals surface area (Å²) in [5.41, 5.74) is 3.07. The SMILES string of the molecule is CCCCCCCCCCCCCCCCCC(=O)OCCSC(CCCCCc1cc(C)c(O)c(C(C)(C)C)c1)C(=O)OCC. The number of carbonyl (C=O) groups is 2. The third-order valence-electron chi connectivity index (χ3n) is 8.80. The summed E-state index contributed by atoms with van der Waals surface area (Å²) >= 11 is 1.54. The summed E-state index contributed by atoms with van der Waals surface area (Å²) in [4.78, 5) is 24.7. The van der Waals surface area contributed by atoms with Crippen LogP contribution in [0.1, 0.15) is 180 Å². The molecule has 266 valence electrons. The zero-order valence-corrected chi connectivity index (χ0v) is 31.5. The molecule has 0 fully saturated rings. The highest BCUT2D eigenvalue weighted by Crippen LogP contribution is 2.34. The summed E-state index contributed by atoms with van der Waals surface area (Å²) in [6, 6.07) is 4.23. The fourth-order valence-electron chi connectivity index (χ4n) is 5.97. The molecule has 6 heteroatoms. The summed E-state index contributed by atoms with van der Waals surface area (Å²) < 4.78 is 10.8. The molecule has 0 radical (unpaired) electrons. The Hall–Kier alpha value is -1.69. The number of aromatic hydroxyl groups is 1. The van der Waals surface area contributed by atoms with Crippen LogP contribution in [0.5, 0.6) is 5.75 Å². The van der Waals surface area contributed by atoms with Gasteiger partial charge in [-0.1, -0.05) is 143 Å². The third kappa shape index (κ3) is 20.5. The summed E-state index contributed by atoms with van der Waals surface area (Å²) in [5, 5.41) is 10.3. The molecule has 1 unspecified atom stereocenters. The first-order chi connectivity index (χ1) is 22.1. The van der Waals surface area contributed by atoms with Gasteiger partial charge in [-0.3, -0.25) is 9.59 Å². The van der Waals surface area contributed by atoms with E-state index in [1.807, 2.05) is 13.8 Å². The lowest BCUT2D eigenvalue weighted by Crippen LogP contribution is -2.22. The predicted molar refractivity (Wildman–Crippen MR) is 197 cm³/mol. The molecule has 0 bridgehead atoms. The number of phenols is 1. The van der Waals surface area contributed by atoms with Gasteiger partial charge in [0.05, 0.1) is 6.61 Å². The molecule has 5 nitrogen and oxygen atoms in total. The van der Waals surface area contributed by atoms with Crippen molar-refractivity contribution < 1.29 is 24.2 Å². The normalized spacial score (nSPS) is 12.3. The number of esters is 2. The Labute approximate surface area is 287 Å². The molecule has 0 amide bonds. The largest absolute Gasteiger partial charge is 0.507 e. The number of phenolic OH excluding ortho intramolecular Hbond substituents is 1. The number of thioether (sulfide) groups is 1. The number of rotatable bonds is 28. The lowest BCUT2D eigenvalue weighted by molar-refractivity contribution is -0.143. The maximum atomic E-state index is 12.6. The quantitative estimate of drug-likeness (QED) is 0.0711. The molecule has 0 aliphatic heterocycles. The van der Waals surface area contributed by atoms with Crippen LogP contribution >= 0.6 is 11.8 Å². The van der Waals surface area contributed by atoms with Crippen molar-refractivity contribution in [3.05, 3.63) is 28.8 Å². The highest BCUT2D eigenvalue weighted by molar-refractivity contribution is 8.00. The highest BCUT2D eigenvalue weighted by atomic mass is 32.2. The molecule has 0 saturated heterocycles. The van der Waals surface area contributed by atoms with Crippen molar-refractivity contribution in [2.75, 3.05) is 19.0 Å². The molecule has 0 aromatic heterocycles. The standard InChI is InChI=1S/C40H70O5S/c1-7-9-10-11-12-13-14-15-16-17-18-19-20-21-25-28-37(41)45-29-30-46-36(39(43)44-8-2)27-24-22-23-26-34-31-33(3)38(42)35(32-34)40(4,5)6/h31-32,36,42H,7-30H2,1-6H3. The molecule has 0 spiro atoms. The van der Waals surface area contributed by atoms with Gasteiger partial charge in [0.25, 0.3) is 0 Å². The van der Waals surface area contributed by atoms with Crippen LogP contribution < -0.4 is 0 Å². The predicted octanol–water partition coefficient (Wildman–Crippen LogP) is 11.6. The Morgan fingerprint density at radius 3 is 1.85 bits per heavy atom. The van der Waals surface area contributed by atoms with Gasteiger partial charge in [-0.05, 0) is 61.6 Å². The number of hydrogen-bond acceptors (Lipinski definition) is 6. The average molecular weight is 663 g/mol. The Morgan fingerprint density at radius 2 is 1.30 bits per heavy atom. The summed E-state index contributed by atoms with van der Waals surface area (Å²) in [7, 11) is 0. The minimum Gasteiger partial charge on any atom is -0.507 e. The van der Waals surface area contributed by atoms with E-state index in [0.717, 1.165) is 56.1 Å². The van der Waals surface area contributed by atoms with Gasteiger partial charge in [-0.15, -0.1) is 11.8 Å². The molecule has 0 aliphatic carbocycles. The van der Waals surface area contributed by atoms with E-state index in [9.17, 15) is 14.7 Å². The van der Waals surface area contributed by atoms with Gasteiger partial charge in [-0.25, -0.2) is 0 Å². The van der Waals surface area contributed by atoms with E-state index in [2.05, 4.69) is 39.8 Å². The van der Waals surface area contributed by atoms with Crippen molar-refractivity contribution in [2.45, 2.75) is 187 Å². The Morgan fingerprint density at radius 1 is 0.761 bits per heavy atom. The zero-order valence-electron chi connectivity index (χ0n) is 30.7. The van der Waals surface area contributed by atoms with E-state index in [4.69, 9.17) is 9.47 Å². The lowest BCUT2D eigenvalue weighted by Gasteiger charge is -2.22. The van der Waals surface area contributed by atoms with Crippen LogP contribution in [-0.4, -0.2) is 41.3 Å². The summed E-state index contributed by atoms with van der Waals surface area (Å²) in [5.74, 6) is 0.722. The Bertz CT molecular complexity index is 938. The van der Waals surface area contributed by atoms with Gasteiger partial charge in [0.2, 0.25) is 0 Å². The Balaban J connectivity index is 2.15. The molecular weight excluding hydrogens is 593 g/mol. The highest BCUT2D eigenvalue weighted by Gasteiger charge is 2.21. The fraction of sp³-hybridized carbons (Fsp3) is 0.800. The fourth-order valence-corrected chi connectivity index (χ4v) is 6.97. The maximum Gasteiger partial charge on any atom is 0.319 e. The van der Waals surface area contributed by atoms with E-state index in [0.29, 0.717) is 31.1 Å². The number of unbranched alkanes of at least 4 members (excludes halogenated alkanes) is 16. The van der Waals surface area contributed by atoms with Crippen LogP contribution in [0.3, 0.4) is 0 Å². The van der Waals surface area contributed by atoms with Crippen LogP contribution in [0, 0.1) is 6.92 Å². The van der Waals surface area contributed by atoms with Gasteiger partial charge >= 0.3 is 11.9 Å². The molecule has 0 saturated carbocycles. The summed E-state index contributed by atoms with van der Waals surface area (Å²) in [6.07, 6.45) is 24.9. The second kappa shape index (κ2) is 26.3. The van der Waals surface area contributed by atoms with Crippen molar-refractivity contribution in [1.29, 1.82) is 0 Å². The number of ether oxygens (including phenoxy) is 2. The van der Waals surface area contributed by atoms with Crippen LogP contribution in [0.15, 0.2) is 12.1 Å². The smallest absolute Gasteiger partial charge is 0.319 e. The first-order valence-electron chi connectivity index (χ1n) is 18.9. The second-order valence-corrected chi connectivity index (χ2v) is 15.5. The van der Waals surface area contributed by atoms with Crippen molar-refractivity contribution in [1.82, 2.24) is 0 Å². The van der Waals surface area contributed by atoms with Crippen LogP contribution in [-0.2, 0) is 30.9 Å². The minimum absolute atomic E-state index is 0.102. The lowest BCUT2D eigenvalue weighted by atomic mass is 9.83. The van der Waals surface area contributed by atoms with Gasteiger partial charge < -0.3 is 14.6 Å². The molecular formula is C40H70O5S. The third-order valence-corrected chi connectivity index (χ3v) is 10.0. The molecule has 1 aromatic carbocycles. The van der Waals surface area contributed by atoms with Gasteiger partial charge in [0.1, 0.15) is 17.6 Å². The molecule has 0 aliphatic rings. The number of carbonyl (C=O) groups excluding carboxylic acids is 2. The van der Waals surface area contributed by atoms with E-state index in [1.165, 1.54) is 89.0 Å². The van der Waals surface area contributed by atoms with Crippen LogP contribution in [0.2, 0.25) is 0 Å². The molecule has 1 aromatic rings. The second-order valence-electron chi connectivity index (χ2n) is 14.2. The van der Waals surface area contributed by atoms with E-state index >= 15 is 0 Å². The van der Waals surface area contributed by atoms with E-state index in [1.54, 1.807) is 11.8 Å². The van der Waals surface area contributed by atoms with Crippen molar-refractivity contribution in [3.8, 4) is 5.75 Å². The van der Waals surface area contributed by atoms with Crippen LogP contribution in [0.4, 0.5) is 0 Å². The number of benzene rings is 1. The number of aryl methyl sites for hydroxylation is 2. The van der Waals surface area contributed by atoms with E-state index < -0.39 is 0 Å². The van der Waals surface area contributed by atoms with Gasteiger partial charge in [0.15, 0.2) is 0 Å².